The lowest BCUT2D eigenvalue weighted by Gasteiger charge is -2.11. The normalized spacial score (nSPS) is 10.5. The number of ether oxygens (including phenoxy) is 1. The molecule has 100 valence electrons. The lowest BCUT2D eigenvalue weighted by Crippen LogP contribution is -1.91. The van der Waals surface area contributed by atoms with E-state index in [1.54, 1.807) is 19.6 Å². The fraction of sp³-hybridized carbons (Fsp3) is 0.118. The highest BCUT2D eigenvalue weighted by molar-refractivity contribution is 5.82. The first-order valence-electron chi connectivity index (χ1n) is 6.43. The van der Waals surface area contributed by atoms with Crippen molar-refractivity contribution in [3.05, 3.63) is 60.6 Å². The number of methoxy groups -OCH3 is 1. The second-order valence-corrected chi connectivity index (χ2v) is 4.52. The number of aromatic nitrogens is 1. The van der Waals surface area contributed by atoms with Crippen molar-refractivity contribution in [3.63, 3.8) is 0 Å². The van der Waals surface area contributed by atoms with E-state index < -0.39 is 0 Å². The van der Waals surface area contributed by atoms with Crippen molar-refractivity contribution in [3.8, 4) is 28.2 Å². The number of hydrogen-bond acceptors (Lipinski definition) is 3. The maximum Gasteiger partial charge on any atom is 0.134 e. The first-order valence-corrected chi connectivity index (χ1v) is 6.43. The quantitative estimate of drug-likeness (QED) is 0.707. The largest absolute Gasteiger partial charge is 0.497 e. The SMILES string of the molecule is COc1ccc(-c2c(-c3ccco3)ccnc2C)cc1. The van der Waals surface area contributed by atoms with Crippen LogP contribution in [-0.2, 0) is 0 Å². The maximum absolute atomic E-state index is 5.53. The van der Waals surface area contributed by atoms with Gasteiger partial charge in [0.1, 0.15) is 11.5 Å². The van der Waals surface area contributed by atoms with Gasteiger partial charge in [-0.25, -0.2) is 0 Å². The van der Waals surface area contributed by atoms with Gasteiger partial charge in [0.05, 0.1) is 13.4 Å². The predicted octanol–water partition coefficient (Wildman–Crippen LogP) is 4.33. The number of rotatable bonds is 3. The molecule has 0 saturated heterocycles. The maximum atomic E-state index is 5.53. The van der Waals surface area contributed by atoms with Crippen LogP contribution in [0.3, 0.4) is 0 Å². The third-order valence-corrected chi connectivity index (χ3v) is 3.31. The lowest BCUT2D eigenvalue weighted by atomic mass is 9.97. The fourth-order valence-corrected chi connectivity index (χ4v) is 2.33. The molecule has 1 aromatic carbocycles. The highest BCUT2D eigenvalue weighted by atomic mass is 16.5. The Morgan fingerprint density at radius 1 is 1.05 bits per heavy atom. The molecule has 0 aliphatic heterocycles. The minimum absolute atomic E-state index is 0.842. The molecule has 0 atom stereocenters. The van der Waals surface area contributed by atoms with Crippen molar-refractivity contribution in [2.24, 2.45) is 0 Å². The molecule has 0 fully saturated rings. The van der Waals surface area contributed by atoms with Crippen LogP contribution in [0.25, 0.3) is 22.5 Å². The summed E-state index contributed by atoms with van der Waals surface area (Å²) in [5.74, 6) is 1.69. The Balaban J connectivity index is 2.16. The molecule has 3 aromatic rings. The third kappa shape index (κ3) is 2.18. The summed E-state index contributed by atoms with van der Waals surface area (Å²) >= 11 is 0. The topological polar surface area (TPSA) is 35.3 Å². The summed E-state index contributed by atoms with van der Waals surface area (Å²) < 4.78 is 10.7. The van der Waals surface area contributed by atoms with Gasteiger partial charge < -0.3 is 9.15 Å². The summed E-state index contributed by atoms with van der Waals surface area (Å²) in [6, 6.07) is 13.8. The van der Waals surface area contributed by atoms with Gasteiger partial charge in [-0.1, -0.05) is 12.1 Å². The van der Waals surface area contributed by atoms with E-state index in [1.807, 2.05) is 49.4 Å². The molecule has 20 heavy (non-hydrogen) atoms. The van der Waals surface area contributed by atoms with Gasteiger partial charge in [0.15, 0.2) is 0 Å². The minimum Gasteiger partial charge on any atom is -0.497 e. The van der Waals surface area contributed by atoms with E-state index in [0.717, 1.165) is 33.9 Å². The Morgan fingerprint density at radius 3 is 2.50 bits per heavy atom. The fourth-order valence-electron chi connectivity index (χ4n) is 2.33. The number of pyridine rings is 1. The van der Waals surface area contributed by atoms with Crippen LogP contribution in [-0.4, -0.2) is 12.1 Å². The number of nitrogens with zero attached hydrogens (tertiary/aromatic N) is 1. The molecular formula is C17H15NO2. The van der Waals surface area contributed by atoms with E-state index >= 15 is 0 Å². The van der Waals surface area contributed by atoms with Crippen molar-refractivity contribution in [2.75, 3.05) is 7.11 Å². The van der Waals surface area contributed by atoms with Gasteiger partial charge in [0.2, 0.25) is 0 Å². The molecular weight excluding hydrogens is 250 g/mol. The van der Waals surface area contributed by atoms with Gasteiger partial charge in [-0.05, 0) is 42.8 Å². The monoisotopic (exact) mass is 265 g/mol. The Morgan fingerprint density at radius 2 is 1.85 bits per heavy atom. The van der Waals surface area contributed by atoms with Gasteiger partial charge in [0.25, 0.3) is 0 Å². The standard InChI is InChI=1S/C17H15NO2/c1-12-17(13-5-7-14(19-2)8-6-13)15(9-10-18-12)16-4-3-11-20-16/h3-11H,1-2H3. The van der Waals surface area contributed by atoms with Crippen LogP contribution >= 0.6 is 0 Å². The van der Waals surface area contributed by atoms with E-state index in [1.165, 1.54) is 0 Å². The van der Waals surface area contributed by atoms with Gasteiger partial charge in [0, 0.05) is 23.0 Å². The van der Waals surface area contributed by atoms with E-state index in [4.69, 9.17) is 9.15 Å². The summed E-state index contributed by atoms with van der Waals surface area (Å²) in [5.41, 5.74) is 4.21. The van der Waals surface area contributed by atoms with Crippen molar-refractivity contribution < 1.29 is 9.15 Å². The number of furan rings is 1. The first-order chi connectivity index (χ1) is 9.79. The zero-order valence-corrected chi connectivity index (χ0v) is 11.5. The molecule has 3 nitrogen and oxygen atoms in total. The molecule has 0 N–H and O–H groups in total. The van der Waals surface area contributed by atoms with Crippen LogP contribution < -0.4 is 4.74 Å². The molecule has 0 radical (unpaired) electrons. The van der Waals surface area contributed by atoms with Crippen molar-refractivity contribution in [2.45, 2.75) is 6.92 Å². The van der Waals surface area contributed by atoms with Crippen LogP contribution in [0.5, 0.6) is 5.75 Å². The number of aryl methyl sites for hydroxylation is 1. The van der Waals surface area contributed by atoms with Crippen LogP contribution in [0.4, 0.5) is 0 Å². The Kier molecular flexibility index (Phi) is 3.25. The van der Waals surface area contributed by atoms with Crippen LogP contribution in [0.1, 0.15) is 5.69 Å². The third-order valence-electron chi connectivity index (χ3n) is 3.31. The van der Waals surface area contributed by atoms with Crippen LogP contribution in [0.15, 0.2) is 59.3 Å². The number of benzene rings is 1. The molecule has 3 heteroatoms. The van der Waals surface area contributed by atoms with Crippen molar-refractivity contribution in [1.29, 1.82) is 0 Å². The molecule has 0 aliphatic carbocycles. The molecule has 0 saturated carbocycles. The lowest BCUT2D eigenvalue weighted by molar-refractivity contribution is 0.415. The zero-order chi connectivity index (χ0) is 13.9. The molecule has 0 aliphatic rings. The van der Waals surface area contributed by atoms with E-state index in [9.17, 15) is 0 Å². The minimum atomic E-state index is 0.842. The molecule has 0 unspecified atom stereocenters. The molecule has 2 heterocycles. The zero-order valence-electron chi connectivity index (χ0n) is 11.5. The second-order valence-electron chi connectivity index (χ2n) is 4.52. The average molecular weight is 265 g/mol. The molecule has 0 spiro atoms. The summed E-state index contributed by atoms with van der Waals surface area (Å²) in [6.07, 6.45) is 3.49. The van der Waals surface area contributed by atoms with E-state index in [-0.39, 0.29) is 0 Å². The molecule has 0 amide bonds. The van der Waals surface area contributed by atoms with Crippen LogP contribution in [0.2, 0.25) is 0 Å². The smallest absolute Gasteiger partial charge is 0.134 e. The second kappa shape index (κ2) is 5.21. The van der Waals surface area contributed by atoms with Gasteiger partial charge in [-0.15, -0.1) is 0 Å². The summed E-state index contributed by atoms with van der Waals surface area (Å²) in [7, 11) is 1.67. The molecule has 2 aromatic heterocycles. The molecule has 3 rings (SSSR count). The number of hydrogen-bond donors (Lipinski definition) is 0. The summed E-state index contributed by atoms with van der Waals surface area (Å²) in [6.45, 7) is 2.01. The Labute approximate surface area is 117 Å². The van der Waals surface area contributed by atoms with E-state index in [0.29, 0.717) is 0 Å². The van der Waals surface area contributed by atoms with Crippen molar-refractivity contribution in [1.82, 2.24) is 4.98 Å². The van der Waals surface area contributed by atoms with Gasteiger partial charge in [-0.3, -0.25) is 4.98 Å². The summed E-state index contributed by atoms with van der Waals surface area (Å²) in [5, 5.41) is 0. The highest BCUT2D eigenvalue weighted by Crippen LogP contribution is 2.34. The molecule has 0 bridgehead atoms. The van der Waals surface area contributed by atoms with Gasteiger partial charge in [-0.2, -0.15) is 0 Å². The average Bonchev–Trinajstić information content (AvgIpc) is 3.01. The highest BCUT2D eigenvalue weighted by Gasteiger charge is 2.12. The predicted molar refractivity (Wildman–Crippen MR) is 78.7 cm³/mol. The van der Waals surface area contributed by atoms with Crippen LogP contribution in [0, 0.1) is 6.92 Å². The van der Waals surface area contributed by atoms with E-state index in [2.05, 4.69) is 4.98 Å². The summed E-state index contributed by atoms with van der Waals surface area (Å²) in [4.78, 5) is 4.40. The van der Waals surface area contributed by atoms with Gasteiger partial charge >= 0.3 is 0 Å². The Hall–Kier alpha value is -2.55. The Bertz CT molecular complexity index is 700. The van der Waals surface area contributed by atoms with Crippen molar-refractivity contribution >= 4 is 0 Å². The first kappa shape index (κ1) is 12.5.